The maximum atomic E-state index is 13.3. The zero-order chi connectivity index (χ0) is 24.4. The number of nitrogens with zero attached hydrogens (tertiary/aromatic N) is 1. The van der Waals surface area contributed by atoms with Crippen LogP contribution in [0.25, 0.3) is 5.76 Å². The first-order valence-corrected chi connectivity index (χ1v) is 11.1. The Kier molecular flexibility index (Phi) is 6.41. The number of ether oxygens (including phenoxy) is 2. The number of carbonyl (C=O) groups is 2. The van der Waals surface area contributed by atoms with Crippen LogP contribution in [0.15, 0.2) is 72.3 Å². The number of hydrogen-bond donors (Lipinski definition) is 1. The summed E-state index contributed by atoms with van der Waals surface area (Å²) in [5, 5.41) is 11.3. The van der Waals surface area contributed by atoms with Gasteiger partial charge in [-0.1, -0.05) is 29.8 Å². The predicted molar refractivity (Wildman–Crippen MR) is 131 cm³/mol. The molecular weight excluding hydrogens is 430 g/mol. The van der Waals surface area contributed by atoms with Crippen molar-refractivity contribution in [2.24, 2.45) is 0 Å². The van der Waals surface area contributed by atoms with E-state index in [4.69, 9.17) is 9.47 Å². The molecule has 1 N–H and O–H groups in total. The monoisotopic (exact) mass is 457 g/mol. The molecule has 0 bridgehead atoms. The van der Waals surface area contributed by atoms with E-state index in [0.29, 0.717) is 34.9 Å². The summed E-state index contributed by atoms with van der Waals surface area (Å²) in [6.45, 7) is 6.20. The molecule has 6 heteroatoms. The van der Waals surface area contributed by atoms with Crippen molar-refractivity contribution in [3.63, 3.8) is 0 Å². The summed E-state index contributed by atoms with van der Waals surface area (Å²) in [5.41, 5.74) is 3.55. The van der Waals surface area contributed by atoms with Gasteiger partial charge in [0.1, 0.15) is 17.3 Å². The zero-order valence-corrected chi connectivity index (χ0v) is 19.7. The molecule has 6 nitrogen and oxygen atoms in total. The molecule has 1 unspecified atom stereocenters. The topological polar surface area (TPSA) is 76.1 Å². The largest absolute Gasteiger partial charge is 0.507 e. The van der Waals surface area contributed by atoms with E-state index in [1.54, 1.807) is 49.6 Å². The van der Waals surface area contributed by atoms with Crippen molar-refractivity contribution < 1.29 is 24.2 Å². The van der Waals surface area contributed by atoms with Crippen molar-refractivity contribution in [2.75, 3.05) is 18.6 Å². The molecule has 1 atom stereocenters. The number of methoxy groups -OCH3 is 1. The quantitative estimate of drug-likeness (QED) is 0.307. The molecule has 1 fully saturated rings. The minimum absolute atomic E-state index is 0.0444. The average molecular weight is 458 g/mol. The Morgan fingerprint density at radius 2 is 1.59 bits per heavy atom. The highest BCUT2D eigenvalue weighted by molar-refractivity contribution is 6.51. The van der Waals surface area contributed by atoms with E-state index in [1.165, 1.54) is 4.90 Å². The molecular formula is C28H27NO5. The van der Waals surface area contributed by atoms with Crippen molar-refractivity contribution in [3.05, 3.63) is 94.6 Å². The van der Waals surface area contributed by atoms with E-state index in [9.17, 15) is 14.7 Å². The molecule has 0 spiro atoms. The van der Waals surface area contributed by atoms with Gasteiger partial charge in [0.25, 0.3) is 11.7 Å². The van der Waals surface area contributed by atoms with Gasteiger partial charge in [-0.15, -0.1) is 0 Å². The van der Waals surface area contributed by atoms with Crippen LogP contribution in [0.5, 0.6) is 11.5 Å². The van der Waals surface area contributed by atoms with Gasteiger partial charge >= 0.3 is 0 Å². The summed E-state index contributed by atoms with van der Waals surface area (Å²) < 4.78 is 10.8. The summed E-state index contributed by atoms with van der Waals surface area (Å²) in [6, 6.07) is 19.0. The second kappa shape index (κ2) is 9.43. The van der Waals surface area contributed by atoms with Gasteiger partial charge in [-0.05, 0) is 74.4 Å². The lowest BCUT2D eigenvalue weighted by atomic mass is 9.93. The van der Waals surface area contributed by atoms with Crippen molar-refractivity contribution in [1.29, 1.82) is 0 Å². The molecule has 0 aromatic heterocycles. The molecule has 4 rings (SSSR count). The summed E-state index contributed by atoms with van der Waals surface area (Å²) in [6.07, 6.45) is 0. The number of amides is 1. The number of benzene rings is 3. The van der Waals surface area contributed by atoms with Crippen LogP contribution in [0.1, 0.15) is 35.2 Å². The molecule has 1 saturated heterocycles. The van der Waals surface area contributed by atoms with Crippen LogP contribution < -0.4 is 14.4 Å². The van der Waals surface area contributed by atoms with Gasteiger partial charge in [0.05, 0.1) is 25.3 Å². The Morgan fingerprint density at radius 3 is 2.18 bits per heavy atom. The Hall–Kier alpha value is -4.06. The number of Topliss-reactive ketones (excluding diaryl/α,β-unsaturated/α-hetero) is 1. The zero-order valence-electron chi connectivity index (χ0n) is 19.7. The van der Waals surface area contributed by atoms with Crippen LogP contribution in [-0.2, 0) is 9.59 Å². The minimum Gasteiger partial charge on any atom is -0.507 e. The summed E-state index contributed by atoms with van der Waals surface area (Å²) in [7, 11) is 1.56. The van der Waals surface area contributed by atoms with E-state index in [-0.39, 0.29) is 11.3 Å². The Labute approximate surface area is 199 Å². The van der Waals surface area contributed by atoms with E-state index in [0.717, 1.165) is 11.1 Å². The van der Waals surface area contributed by atoms with Crippen molar-refractivity contribution in [2.45, 2.75) is 26.8 Å². The first-order chi connectivity index (χ1) is 16.3. The van der Waals surface area contributed by atoms with Crippen LogP contribution in [0.3, 0.4) is 0 Å². The number of anilines is 1. The maximum Gasteiger partial charge on any atom is 0.300 e. The Bertz CT molecular complexity index is 1260. The minimum atomic E-state index is -0.792. The molecule has 1 amide bonds. The Balaban J connectivity index is 1.91. The van der Waals surface area contributed by atoms with E-state index >= 15 is 0 Å². The second-order valence-corrected chi connectivity index (χ2v) is 8.19. The van der Waals surface area contributed by atoms with E-state index in [1.807, 2.05) is 45.0 Å². The predicted octanol–water partition coefficient (Wildman–Crippen LogP) is 5.34. The van der Waals surface area contributed by atoms with E-state index < -0.39 is 17.7 Å². The van der Waals surface area contributed by atoms with Gasteiger partial charge < -0.3 is 14.6 Å². The SMILES string of the molecule is CCOc1ccc(C2/C(=C(/O)c3ccc(OC)cc3C)C(=O)C(=O)N2c2ccc(C)cc2)cc1. The third kappa shape index (κ3) is 4.15. The molecule has 34 heavy (non-hydrogen) atoms. The summed E-state index contributed by atoms with van der Waals surface area (Å²) in [4.78, 5) is 28.0. The van der Waals surface area contributed by atoms with Gasteiger partial charge in [0, 0.05) is 11.3 Å². The van der Waals surface area contributed by atoms with Gasteiger partial charge in [-0.3, -0.25) is 14.5 Å². The fourth-order valence-electron chi connectivity index (χ4n) is 4.21. The number of ketones is 1. The summed E-state index contributed by atoms with van der Waals surface area (Å²) in [5.74, 6) is -0.309. The molecule has 1 aliphatic rings. The van der Waals surface area contributed by atoms with Gasteiger partial charge in [-0.25, -0.2) is 0 Å². The lowest BCUT2D eigenvalue weighted by Crippen LogP contribution is -2.29. The first-order valence-electron chi connectivity index (χ1n) is 11.1. The fourth-order valence-corrected chi connectivity index (χ4v) is 4.21. The van der Waals surface area contributed by atoms with Gasteiger partial charge in [-0.2, -0.15) is 0 Å². The molecule has 0 saturated carbocycles. The highest BCUT2D eigenvalue weighted by Crippen LogP contribution is 2.43. The summed E-state index contributed by atoms with van der Waals surface area (Å²) >= 11 is 0. The average Bonchev–Trinajstić information content (AvgIpc) is 3.10. The highest BCUT2D eigenvalue weighted by atomic mass is 16.5. The smallest absolute Gasteiger partial charge is 0.300 e. The van der Waals surface area contributed by atoms with Crippen LogP contribution in [0.2, 0.25) is 0 Å². The van der Waals surface area contributed by atoms with Gasteiger partial charge in [0.15, 0.2) is 0 Å². The molecule has 1 aliphatic heterocycles. The van der Waals surface area contributed by atoms with Crippen molar-refractivity contribution in [3.8, 4) is 11.5 Å². The molecule has 1 heterocycles. The lowest BCUT2D eigenvalue weighted by molar-refractivity contribution is -0.132. The normalized spacial score (nSPS) is 17.2. The molecule has 3 aromatic rings. The van der Waals surface area contributed by atoms with Crippen LogP contribution in [-0.4, -0.2) is 30.5 Å². The van der Waals surface area contributed by atoms with Crippen molar-refractivity contribution >= 4 is 23.1 Å². The third-order valence-corrected chi connectivity index (χ3v) is 5.95. The number of hydrogen-bond acceptors (Lipinski definition) is 5. The highest BCUT2D eigenvalue weighted by Gasteiger charge is 2.47. The van der Waals surface area contributed by atoms with E-state index in [2.05, 4.69) is 0 Å². The Morgan fingerprint density at radius 1 is 0.941 bits per heavy atom. The standard InChI is InChI=1S/C28H27NO5/c1-5-34-21-12-8-19(9-13-21)25-24(26(30)23-15-14-22(33-4)16-18(23)3)27(31)28(32)29(25)20-10-6-17(2)7-11-20/h6-16,25,30H,5H2,1-4H3/b26-24-. The second-order valence-electron chi connectivity index (χ2n) is 8.19. The number of aliphatic hydroxyl groups is 1. The van der Waals surface area contributed by atoms with Crippen LogP contribution in [0.4, 0.5) is 5.69 Å². The number of aryl methyl sites for hydroxylation is 2. The first kappa shape index (κ1) is 23.1. The molecule has 3 aromatic carbocycles. The fraction of sp³-hybridized carbons (Fsp3) is 0.214. The molecule has 174 valence electrons. The van der Waals surface area contributed by atoms with Crippen LogP contribution in [0, 0.1) is 13.8 Å². The van der Waals surface area contributed by atoms with Crippen molar-refractivity contribution in [1.82, 2.24) is 0 Å². The number of aliphatic hydroxyl groups excluding tert-OH is 1. The maximum absolute atomic E-state index is 13.3. The molecule has 0 radical (unpaired) electrons. The van der Waals surface area contributed by atoms with Crippen LogP contribution >= 0.6 is 0 Å². The number of rotatable bonds is 6. The third-order valence-electron chi connectivity index (χ3n) is 5.95. The molecule has 0 aliphatic carbocycles. The lowest BCUT2D eigenvalue weighted by Gasteiger charge is -2.26. The van der Waals surface area contributed by atoms with Gasteiger partial charge in [0.2, 0.25) is 0 Å². The number of carbonyl (C=O) groups excluding carboxylic acids is 2.